The van der Waals surface area contributed by atoms with Gasteiger partial charge in [-0.3, -0.25) is 0 Å². The Morgan fingerprint density at radius 1 is 0.895 bits per heavy atom. The molecule has 0 saturated heterocycles. The van der Waals surface area contributed by atoms with Gasteiger partial charge in [0.25, 0.3) is 0 Å². The van der Waals surface area contributed by atoms with Crippen molar-refractivity contribution in [3.8, 4) is 11.3 Å². The number of rotatable bonds is 1. The van der Waals surface area contributed by atoms with Crippen LogP contribution >= 0.6 is 23.2 Å². The van der Waals surface area contributed by atoms with Crippen molar-refractivity contribution in [1.82, 2.24) is 4.98 Å². The van der Waals surface area contributed by atoms with Crippen LogP contribution < -0.4 is 0 Å². The molecule has 4 heteroatoms. The molecule has 1 nitrogen and oxygen atoms in total. The van der Waals surface area contributed by atoms with Gasteiger partial charge in [0.2, 0.25) is 0 Å². The summed E-state index contributed by atoms with van der Waals surface area (Å²) in [5.74, 6) is -0.324. The van der Waals surface area contributed by atoms with Crippen LogP contribution in [0.2, 0.25) is 10.0 Å². The van der Waals surface area contributed by atoms with Crippen molar-refractivity contribution in [1.29, 1.82) is 0 Å². The maximum absolute atomic E-state index is 13.2. The molecule has 0 aliphatic heterocycles. The first-order chi connectivity index (χ1) is 9.13. The van der Waals surface area contributed by atoms with Crippen LogP contribution in [-0.4, -0.2) is 4.98 Å². The Labute approximate surface area is 119 Å². The molecular weight excluding hydrogens is 284 g/mol. The molecule has 0 aliphatic carbocycles. The summed E-state index contributed by atoms with van der Waals surface area (Å²) in [5.41, 5.74) is 2.32. The largest absolute Gasteiger partial charge is 0.248 e. The lowest BCUT2D eigenvalue weighted by Gasteiger charge is -2.06. The van der Waals surface area contributed by atoms with Crippen molar-refractivity contribution < 1.29 is 4.39 Å². The molecule has 19 heavy (non-hydrogen) atoms. The smallest absolute Gasteiger partial charge is 0.124 e. The van der Waals surface area contributed by atoms with E-state index < -0.39 is 0 Å². The fourth-order valence-corrected chi connectivity index (χ4v) is 2.31. The average Bonchev–Trinajstić information content (AvgIpc) is 2.40. The molecule has 0 amide bonds. The maximum atomic E-state index is 13.2. The molecule has 2 aromatic carbocycles. The number of hydrogen-bond donors (Lipinski definition) is 0. The zero-order valence-corrected chi connectivity index (χ0v) is 11.2. The Bertz CT molecular complexity index is 754. The second-order valence-corrected chi connectivity index (χ2v) is 5.00. The zero-order chi connectivity index (χ0) is 13.4. The first-order valence-corrected chi connectivity index (χ1v) is 6.41. The molecule has 3 aromatic rings. The first kappa shape index (κ1) is 12.4. The van der Waals surface area contributed by atoms with Gasteiger partial charge in [-0.2, -0.15) is 0 Å². The number of pyridine rings is 1. The second-order valence-electron chi connectivity index (χ2n) is 4.16. The first-order valence-electron chi connectivity index (χ1n) is 5.65. The minimum absolute atomic E-state index is 0.324. The number of fused-ring (bicyclic) bond motifs is 1. The lowest BCUT2D eigenvalue weighted by molar-refractivity contribution is 0.629. The highest BCUT2D eigenvalue weighted by molar-refractivity contribution is 6.35. The van der Waals surface area contributed by atoms with Crippen molar-refractivity contribution >= 4 is 34.1 Å². The van der Waals surface area contributed by atoms with Crippen LogP contribution in [0.1, 0.15) is 0 Å². The van der Waals surface area contributed by atoms with E-state index in [9.17, 15) is 4.39 Å². The predicted octanol–water partition coefficient (Wildman–Crippen LogP) is 5.35. The van der Waals surface area contributed by atoms with Crippen molar-refractivity contribution in [3.05, 3.63) is 64.4 Å². The van der Waals surface area contributed by atoms with Gasteiger partial charge in [-0.05, 0) is 36.4 Å². The highest BCUT2D eigenvalue weighted by atomic mass is 35.5. The van der Waals surface area contributed by atoms with Gasteiger partial charge in [0.15, 0.2) is 0 Å². The fourth-order valence-electron chi connectivity index (χ4n) is 1.93. The third kappa shape index (κ3) is 2.42. The number of hydrogen-bond acceptors (Lipinski definition) is 1. The molecule has 0 saturated carbocycles. The van der Waals surface area contributed by atoms with Crippen LogP contribution in [0.25, 0.3) is 22.2 Å². The van der Waals surface area contributed by atoms with Gasteiger partial charge in [-0.1, -0.05) is 35.3 Å². The van der Waals surface area contributed by atoms with Gasteiger partial charge in [0, 0.05) is 16.0 Å². The molecule has 0 fully saturated rings. The predicted molar refractivity (Wildman–Crippen MR) is 77.2 cm³/mol. The average molecular weight is 292 g/mol. The highest BCUT2D eigenvalue weighted by Gasteiger charge is 2.07. The molecule has 0 N–H and O–H groups in total. The molecule has 1 heterocycles. The molecule has 1 aromatic heterocycles. The number of benzene rings is 2. The summed E-state index contributed by atoms with van der Waals surface area (Å²) < 4.78 is 13.2. The van der Waals surface area contributed by atoms with Crippen LogP contribution in [0.3, 0.4) is 0 Å². The van der Waals surface area contributed by atoms with E-state index >= 15 is 0 Å². The molecule has 0 unspecified atom stereocenters. The van der Waals surface area contributed by atoms with Crippen molar-refractivity contribution in [3.63, 3.8) is 0 Å². The van der Waals surface area contributed by atoms with Crippen molar-refractivity contribution in [2.24, 2.45) is 0 Å². The molecule has 94 valence electrons. The Balaban J connectivity index is 2.20. The minimum Gasteiger partial charge on any atom is -0.248 e. The Kier molecular flexibility index (Phi) is 3.13. The number of aromatic nitrogens is 1. The van der Waals surface area contributed by atoms with Crippen LogP contribution in [0, 0.1) is 5.82 Å². The lowest BCUT2D eigenvalue weighted by atomic mass is 10.1. The summed E-state index contributed by atoms with van der Waals surface area (Å²) in [4.78, 5) is 4.48. The standard InChI is InChI=1S/C15H8Cl2FN/c16-10-3-1-9(2-4-10)15-8-13(17)12-7-11(18)5-6-14(12)19-15/h1-8H. The van der Waals surface area contributed by atoms with E-state index in [1.165, 1.54) is 12.1 Å². The van der Waals surface area contributed by atoms with Gasteiger partial charge in [-0.25, -0.2) is 9.37 Å². The normalized spacial score (nSPS) is 10.9. The van der Waals surface area contributed by atoms with E-state index in [1.54, 1.807) is 24.3 Å². The van der Waals surface area contributed by atoms with E-state index in [0.717, 1.165) is 11.3 Å². The van der Waals surface area contributed by atoms with Crippen LogP contribution in [-0.2, 0) is 0 Å². The summed E-state index contributed by atoms with van der Waals surface area (Å²) in [7, 11) is 0. The lowest BCUT2D eigenvalue weighted by Crippen LogP contribution is -1.87. The number of halogens is 3. The maximum Gasteiger partial charge on any atom is 0.124 e. The summed E-state index contributed by atoms with van der Waals surface area (Å²) in [6, 6.07) is 13.4. The van der Waals surface area contributed by atoms with E-state index in [-0.39, 0.29) is 5.82 Å². The summed E-state index contributed by atoms with van der Waals surface area (Å²) in [6.07, 6.45) is 0. The minimum atomic E-state index is -0.324. The fraction of sp³-hybridized carbons (Fsp3) is 0. The Hall–Kier alpha value is -1.64. The van der Waals surface area contributed by atoms with Crippen LogP contribution in [0.5, 0.6) is 0 Å². The highest BCUT2D eigenvalue weighted by Crippen LogP contribution is 2.29. The second kappa shape index (κ2) is 4.80. The Morgan fingerprint density at radius 3 is 2.37 bits per heavy atom. The van der Waals surface area contributed by atoms with Crippen LogP contribution in [0.4, 0.5) is 4.39 Å². The SMILES string of the molecule is Fc1ccc2nc(-c3ccc(Cl)cc3)cc(Cl)c2c1. The third-order valence-corrected chi connectivity index (χ3v) is 3.42. The van der Waals surface area contributed by atoms with Gasteiger partial charge in [0.1, 0.15) is 5.82 Å². The Morgan fingerprint density at radius 2 is 1.63 bits per heavy atom. The topological polar surface area (TPSA) is 12.9 Å². The monoisotopic (exact) mass is 291 g/mol. The number of nitrogens with zero attached hydrogens (tertiary/aromatic N) is 1. The molecule has 3 rings (SSSR count). The van der Waals surface area contributed by atoms with E-state index in [1.807, 2.05) is 12.1 Å². The van der Waals surface area contributed by atoms with Gasteiger partial charge >= 0.3 is 0 Å². The zero-order valence-electron chi connectivity index (χ0n) is 9.70. The molecule has 0 aliphatic rings. The third-order valence-electron chi connectivity index (χ3n) is 2.86. The van der Waals surface area contributed by atoms with E-state index in [4.69, 9.17) is 23.2 Å². The van der Waals surface area contributed by atoms with Crippen molar-refractivity contribution in [2.75, 3.05) is 0 Å². The van der Waals surface area contributed by atoms with Crippen molar-refractivity contribution in [2.45, 2.75) is 0 Å². The van der Waals surface area contributed by atoms with Gasteiger partial charge < -0.3 is 0 Å². The molecular formula is C15H8Cl2FN. The summed E-state index contributed by atoms with van der Waals surface area (Å²) in [6.45, 7) is 0. The van der Waals surface area contributed by atoms with E-state index in [0.29, 0.717) is 20.9 Å². The summed E-state index contributed by atoms with van der Waals surface area (Å²) in [5, 5.41) is 1.76. The van der Waals surface area contributed by atoms with Crippen LogP contribution in [0.15, 0.2) is 48.5 Å². The van der Waals surface area contributed by atoms with E-state index in [2.05, 4.69) is 4.98 Å². The molecule has 0 radical (unpaired) electrons. The molecule has 0 bridgehead atoms. The van der Waals surface area contributed by atoms with Gasteiger partial charge in [-0.15, -0.1) is 0 Å². The quantitative estimate of drug-likeness (QED) is 0.589. The molecule has 0 spiro atoms. The molecule has 0 atom stereocenters. The van der Waals surface area contributed by atoms with Gasteiger partial charge in [0.05, 0.1) is 16.2 Å². The summed E-state index contributed by atoms with van der Waals surface area (Å²) >= 11 is 12.0.